The van der Waals surface area contributed by atoms with Crippen molar-refractivity contribution in [2.24, 2.45) is 5.92 Å². The fraction of sp³-hybridized carbons (Fsp3) is 0.630. The zero-order valence-electron chi connectivity index (χ0n) is 19.6. The molecule has 0 radical (unpaired) electrons. The first kappa shape index (κ1) is 24.7. The molecule has 8 heteroatoms. The lowest BCUT2D eigenvalue weighted by Gasteiger charge is -2.46. The maximum atomic E-state index is 14.5. The van der Waals surface area contributed by atoms with Gasteiger partial charge in [-0.2, -0.15) is 26.3 Å². The molecule has 5 rings (SSSR count). The minimum Gasteiger partial charge on any atom is -0.490 e. The summed E-state index contributed by atoms with van der Waals surface area (Å²) in [5.74, 6) is -1.68. The molecule has 1 saturated carbocycles. The Bertz CT molecular complexity index is 1020. The fourth-order valence-corrected chi connectivity index (χ4v) is 6.52. The van der Waals surface area contributed by atoms with Crippen LogP contribution in [0.5, 0.6) is 5.75 Å². The number of benzene rings is 2. The van der Waals surface area contributed by atoms with E-state index in [1.807, 2.05) is 0 Å². The number of ether oxygens (including phenoxy) is 1. The Kier molecular flexibility index (Phi) is 6.70. The van der Waals surface area contributed by atoms with Crippen molar-refractivity contribution in [3.8, 4) is 5.75 Å². The van der Waals surface area contributed by atoms with Gasteiger partial charge in [0.15, 0.2) is 0 Å². The van der Waals surface area contributed by atoms with Gasteiger partial charge in [0.05, 0.1) is 12.0 Å². The van der Waals surface area contributed by atoms with Crippen molar-refractivity contribution in [2.45, 2.75) is 101 Å². The molecule has 0 spiro atoms. The van der Waals surface area contributed by atoms with Crippen LogP contribution in [0.25, 0.3) is 10.8 Å². The van der Waals surface area contributed by atoms with E-state index in [0.29, 0.717) is 29.6 Å². The Morgan fingerprint density at radius 3 is 1.97 bits per heavy atom. The van der Waals surface area contributed by atoms with Gasteiger partial charge in [0.2, 0.25) is 0 Å². The number of hydrogen-bond donors (Lipinski definition) is 0. The predicted molar refractivity (Wildman–Crippen MR) is 122 cm³/mol. The second-order valence-electron chi connectivity index (χ2n) is 10.4. The highest BCUT2D eigenvalue weighted by Crippen LogP contribution is 2.45. The largest absolute Gasteiger partial charge is 0.490 e. The molecule has 2 aromatic rings. The summed E-state index contributed by atoms with van der Waals surface area (Å²) in [5.41, 5.74) is -0.162. The molecule has 0 amide bonds. The molecular formula is C27H31F6NO. The van der Waals surface area contributed by atoms with Crippen LogP contribution in [0.4, 0.5) is 26.3 Å². The summed E-state index contributed by atoms with van der Waals surface area (Å²) in [7, 11) is 0. The zero-order valence-corrected chi connectivity index (χ0v) is 19.6. The monoisotopic (exact) mass is 499 g/mol. The smallest absolute Gasteiger partial charge is 0.420 e. The zero-order chi connectivity index (χ0) is 24.8. The third-order valence-corrected chi connectivity index (χ3v) is 8.25. The number of alkyl halides is 6. The number of rotatable bonds is 4. The second kappa shape index (κ2) is 9.49. The van der Waals surface area contributed by atoms with Crippen LogP contribution >= 0.6 is 0 Å². The normalized spacial score (nSPS) is 28.3. The van der Waals surface area contributed by atoms with Gasteiger partial charge < -0.3 is 4.74 Å². The summed E-state index contributed by atoms with van der Waals surface area (Å²) >= 11 is 0. The third kappa shape index (κ3) is 5.13. The lowest BCUT2D eigenvalue weighted by atomic mass is 9.84. The molecule has 0 atom stereocenters. The van der Waals surface area contributed by atoms with E-state index >= 15 is 0 Å². The molecule has 2 bridgehead atoms. The van der Waals surface area contributed by atoms with Gasteiger partial charge in [-0.25, -0.2) is 0 Å². The van der Waals surface area contributed by atoms with Crippen LogP contribution in [-0.4, -0.2) is 29.3 Å². The molecule has 2 heterocycles. The first-order valence-electron chi connectivity index (χ1n) is 12.7. The molecule has 2 saturated heterocycles. The number of piperidine rings is 2. The van der Waals surface area contributed by atoms with Crippen molar-refractivity contribution in [2.75, 3.05) is 0 Å². The number of hydrogen-bond acceptors (Lipinski definition) is 2. The van der Waals surface area contributed by atoms with E-state index in [1.165, 1.54) is 18.9 Å². The minimum atomic E-state index is -4.65. The van der Waals surface area contributed by atoms with E-state index in [9.17, 15) is 26.3 Å². The lowest BCUT2D eigenvalue weighted by Crippen LogP contribution is -2.48. The molecule has 3 fully saturated rings. The summed E-state index contributed by atoms with van der Waals surface area (Å²) in [5, 5.41) is 0.662. The number of halogens is 6. The third-order valence-electron chi connectivity index (χ3n) is 8.25. The summed E-state index contributed by atoms with van der Waals surface area (Å²) in [6, 6.07) is 9.06. The van der Waals surface area contributed by atoms with Crippen LogP contribution in [0, 0.1) is 5.92 Å². The molecule has 192 valence electrons. The first-order chi connectivity index (χ1) is 16.6. The molecule has 2 nitrogen and oxygen atoms in total. The van der Waals surface area contributed by atoms with Crippen LogP contribution in [0.2, 0.25) is 0 Å². The van der Waals surface area contributed by atoms with Gasteiger partial charge in [0, 0.05) is 24.0 Å². The highest BCUT2D eigenvalue weighted by atomic mass is 19.4. The Hall–Kier alpha value is -1.96. The number of fused-ring (bicyclic) bond motifs is 3. The van der Waals surface area contributed by atoms with Gasteiger partial charge in [-0.15, -0.1) is 0 Å². The van der Waals surface area contributed by atoms with Crippen LogP contribution in [0.3, 0.4) is 0 Å². The van der Waals surface area contributed by atoms with Crippen LogP contribution in [0.15, 0.2) is 30.3 Å². The van der Waals surface area contributed by atoms with Gasteiger partial charge in [-0.3, -0.25) is 4.90 Å². The highest BCUT2D eigenvalue weighted by Gasteiger charge is 2.43. The molecule has 0 unspecified atom stereocenters. The molecule has 35 heavy (non-hydrogen) atoms. The van der Waals surface area contributed by atoms with E-state index in [0.717, 1.165) is 25.7 Å². The summed E-state index contributed by atoms with van der Waals surface area (Å²) < 4.78 is 88.3. The Morgan fingerprint density at radius 2 is 1.40 bits per heavy atom. The quantitative estimate of drug-likeness (QED) is 0.393. The Labute approximate surface area is 201 Å². The van der Waals surface area contributed by atoms with Crippen LogP contribution in [0.1, 0.15) is 75.3 Å². The fourth-order valence-electron chi connectivity index (χ4n) is 6.52. The SMILES string of the molecule is FC(F)(F)c1c(OC2CCC(C(F)(F)F)CC2)ccc2cccc(CN3C4CCCC3CCC4)c12. The molecule has 2 aliphatic heterocycles. The van der Waals surface area contributed by atoms with E-state index in [2.05, 4.69) is 4.90 Å². The lowest BCUT2D eigenvalue weighted by molar-refractivity contribution is -0.185. The maximum Gasteiger partial charge on any atom is 0.420 e. The van der Waals surface area contributed by atoms with E-state index in [4.69, 9.17) is 4.74 Å². The topological polar surface area (TPSA) is 12.5 Å². The van der Waals surface area contributed by atoms with Crippen molar-refractivity contribution in [1.29, 1.82) is 0 Å². The average Bonchev–Trinajstić information content (AvgIpc) is 2.78. The van der Waals surface area contributed by atoms with Crippen molar-refractivity contribution in [3.05, 3.63) is 41.5 Å². The van der Waals surface area contributed by atoms with Crippen molar-refractivity contribution < 1.29 is 31.1 Å². The molecular weight excluding hydrogens is 468 g/mol. The van der Waals surface area contributed by atoms with Crippen molar-refractivity contribution in [3.63, 3.8) is 0 Å². The first-order valence-corrected chi connectivity index (χ1v) is 12.7. The minimum absolute atomic E-state index is 0.0955. The predicted octanol–water partition coefficient (Wildman–Crippen LogP) is 8.27. The van der Waals surface area contributed by atoms with Gasteiger partial charge in [-0.1, -0.05) is 37.1 Å². The number of nitrogens with zero attached hydrogens (tertiary/aromatic N) is 1. The van der Waals surface area contributed by atoms with Crippen LogP contribution in [-0.2, 0) is 12.7 Å². The van der Waals surface area contributed by atoms with Crippen molar-refractivity contribution in [1.82, 2.24) is 4.90 Å². The molecule has 0 aromatic heterocycles. The molecule has 0 N–H and O–H groups in total. The molecule has 3 aliphatic rings. The van der Waals surface area contributed by atoms with Gasteiger partial charge >= 0.3 is 12.4 Å². The summed E-state index contributed by atoms with van der Waals surface area (Å²) in [6.45, 7) is 0.468. The summed E-state index contributed by atoms with van der Waals surface area (Å²) in [6.07, 6.45) is -2.93. The van der Waals surface area contributed by atoms with Gasteiger partial charge in [0.25, 0.3) is 0 Å². The van der Waals surface area contributed by atoms with Gasteiger partial charge in [-0.05, 0) is 68.4 Å². The Morgan fingerprint density at radius 1 is 0.771 bits per heavy atom. The van der Waals surface area contributed by atoms with Gasteiger partial charge in [0.1, 0.15) is 11.3 Å². The summed E-state index contributed by atoms with van der Waals surface area (Å²) in [4.78, 5) is 2.40. The van der Waals surface area contributed by atoms with E-state index < -0.39 is 29.9 Å². The standard InChI is InChI=1S/C27H31F6NO/c28-26(29,30)19-11-13-22(14-12-19)35-23-15-10-17-4-1-5-18(24(17)25(23)27(31,32)33)16-34-20-6-2-7-21(34)9-3-8-20/h1,4-5,10,15,19-22H,2-3,6-9,11-14,16H2. The van der Waals surface area contributed by atoms with E-state index in [1.54, 1.807) is 24.3 Å². The molecule has 1 aliphatic carbocycles. The van der Waals surface area contributed by atoms with E-state index in [-0.39, 0.29) is 36.8 Å². The Balaban J connectivity index is 1.47. The van der Waals surface area contributed by atoms with Crippen LogP contribution < -0.4 is 4.74 Å². The second-order valence-corrected chi connectivity index (χ2v) is 10.4. The average molecular weight is 500 g/mol. The van der Waals surface area contributed by atoms with Crippen molar-refractivity contribution >= 4 is 10.8 Å². The molecule has 2 aromatic carbocycles. The maximum absolute atomic E-state index is 14.5. The highest BCUT2D eigenvalue weighted by molar-refractivity contribution is 5.91.